The maximum Gasteiger partial charge on any atom is 0.320 e. The van der Waals surface area contributed by atoms with Crippen LogP contribution >= 0.6 is 11.6 Å². The van der Waals surface area contributed by atoms with Gasteiger partial charge >= 0.3 is 5.35 Å². The molecule has 0 aliphatic rings. The van der Waals surface area contributed by atoms with Crippen LogP contribution in [-0.4, -0.2) is 19.7 Å². The molecule has 74 valence electrons. The molecule has 0 aromatic carbocycles. The van der Waals surface area contributed by atoms with Gasteiger partial charge in [0.05, 0.1) is 12.5 Å². The van der Waals surface area contributed by atoms with Crippen LogP contribution in [0.4, 0.5) is 0 Å². The van der Waals surface area contributed by atoms with Gasteiger partial charge in [-0.2, -0.15) is 4.98 Å². The lowest BCUT2D eigenvalue weighted by atomic mass is 10.4. The molecule has 0 radical (unpaired) electrons. The first-order valence-corrected chi connectivity index (χ1v) is 4.68. The third-order valence-electron chi connectivity index (χ3n) is 1.81. The maximum atomic E-state index is 5.54. The summed E-state index contributed by atoms with van der Waals surface area (Å²) in [6.07, 6.45) is 4.45. The highest BCUT2D eigenvalue weighted by Crippen LogP contribution is 2.17. The van der Waals surface area contributed by atoms with E-state index in [1.807, 2.05) is 4.57 Å². The Morgan fingerprint density at radius 1 is 1.57 bits per heavy atom. The van der Waals surface area contributed by atoms with Gasteiger partial charge in [-0.25, -0.2) is 4.98 Å². The lowest BCUT2D eigenvalue weighted by Crippen LogP contribution is -1.97. The van der Waals surface area contributed by atoms with E-state index in [1.165, 1.54) is 0 Å². The summed E-state index contributed by atoms with van der Waals surface area (Å²) in [6, 6.07) is 0. The second-order valence-corrected chi connectivity index (χ2v) is 3.17. The molecule has 0 atom stereocenters. The van der Waals surface area contributed by atoms with Crippen molar-refractivity contribution in [2.24, 2.45) is 0 Å². The Hall–Kier alpha value is -1.36. The van der Waals surface area contributed by atoms with E-state index in [-0.39, 0.29) is 5.35 Å². The fraction of sp³-hybridized carbons (Fsp3) is 0.375. The van der Waals surface area contributed by atoms with Gasteiger partial charge in [-0.3, -0.25) is 0 Å². The number of rotatable bonds is 3. The van der Waals surface area contributed by atoms with Crippen molar-refractivity contribution < 1.29 is 4.52 Å². The van der Waals surface area contributed by atoms with E-state index in [0.29, 0.717) is 5.82 Å². The van der Waals surface area contributed by atoms with Crippen LogP contribution < -0.4 is 0 Å². The molecule has 0 fully saturated rings. The third kappa shape index (κ3) is 1.63. The summed E-state index contributed by atoms with van der Waals surface area (Å²) in [7, 11) is 0. The van der Waals surface area contributed by atoms with Gasteiger partial charge in [0.25, 0.3) is 0 Å². The highest BCUT2D eigenvalue weighted by Gasteiger charge is 2.10. The number of imidazole rings is 1. The minimum atomic E-state index is 0.0456. The van der Waals surface area contributed by atoms with Crippen LogP contribution in [0.2, 0.25) is 5.35 Å². The van der Waals surface area contributed by atoms with Crippen LogP contribution in [0.1, 0.15) is 13.3 Å². The molecule has 0 N–H and O–H groups in total. The first-order valence-electron chi connectivity index (χ1n) is 4.31. The quantitative estimate of drug-likeness (QED) is 0.781. The van der Waals surface area contributed by atoms with Crippen LogP contribution in [0.15, 0.2) is 17.0 Å². The third-order valence-corrected chi connectivity index (χ3v) is 1.96. The van der Waals surface area contributed by atoms with E-state index >= 15 is 0 Å². The Balaban J connectivity index is 2.36. The standard InChI is InChI=1S/C8H9ClN4O/c1-2-3-13-5-10-4-6(13)7-11-8(9)14-12-7/h4-5H,2-3H2,1H3. The van der Waals surface area contributed by atoms with E-state index in [1.54, 1.807) is 12.5 Å². The number of hydrogen-bond donors (Lipinski definition) is 0. The molecule has 0 aliphatic carbocycles. The smallest absolute Gasteiger partial charge is 0.320 e. The Morgan fingerprint density at radius 2 is 2.43 bits per heavy atom. The van der Waals surface area contributed by atoms with Crippen molar-refractivity contribution in [3.05, 3.63) is 17.9 Å². The Labute approximate surface area is 85.7 Å². The monoisotopic (exact) mass is 212 g/mol. The van der Waals surface area contributed by atoms with E-state index in [4.69, 9.17) is 11.6 Å². The average molecular weight is 213 g/mol. The van der Waals surface area contributed by atoms with Gasteiger partial charge in [-0.05, 0) is 18.0 Å². The largest absolute Gasteiger partial charge is 0.328 e. The summed E-state index contributed by atoms with van der Waals surface area (Å²) in [6.45, 7) is 2.97. The minimum absolute atomic E-state index is 0.0456. The zero-order chi connectivity index (χ0) is 9.97. The first-order chi connectivity index (χ1) is 6.81. The van der Waals surface area contributed by atoms with Gasteiger partial charge in [-0.15, -0.1) is 0 Å². The number of aryl methyl sites for hydroxylation is 1. The Kier molecular flexibility index (Phi) is 2.49. The summed E-state index contributed by atoms with van der Waals surface area (Å²) >= 11 is 5.54. The van der Waals surface area contributed by atoms with Crippen LogP contribution in [0.25, 0.3) is 11.5 Å². The molecule has 0 bridgehead atoms. The van der Waals surface area contributed by atoms with E-state index in [9.17, 15) is 0 Å². The predicted octanol–water partition coefficient (Wildman–Crippen LogP) is 2.00. The molecule has 2 heterocycles. The highest BCUT2D eigenvalue weighted by atomic mass is 35.5. The fourth-order valence-electron chi connectivity index (χ4n) is 1.24. The SMILES string of the molecule is CCCn1cncc1-c1noc(Cl)n1. The molecule has 0 saturated carbocycles. The van der Waals surface area contributed by atoms with Crippen LogP contribution in [0.5, 0.6) is 0 Å². The van der Waals surface area contributed by atoms with Gasteiger partial charge in [-0.1, -0.05) is 12.1 Å². The van der Waals surface area contributed by atoms with Gasteiger partial charge in [0.15, 0.2) is 0 Å². The molecule has 2 aromatic rings. The molecule has 2 aromatic heterocycles. The van der Waals surface area contributed by atoms with Crippen molar-refractivity contribution in [1.29, 1.82) is 0 Å². The van der Waals surface area contributed by atoms with Crippen molar-refractivity contribution >= 4 is 11.6 Å². The summed E-state index contributed by atoms with van der Waals surface area (Å²) in [5, 5.41) is 3.77. The Bertz CT molecular complexity index is 422. The van der Waals surface area contributed by atoms with E-state index < -0.39 is 0 Å². The number of nitrogens with zero attached hydrogens (tertiary/aromatic N) is 4. The van der Waals surface area contributed by atoms with Gasteiger partial charge in [0.1, 0.15) is 5.69 Å². The molecule has 2 rings (SSSR count). The minimum Gasteiger partial charge on any atom is -0.328 e. The fourth-order valence-corrected chi connectivity index (χ4v) is 1.35. The number of hydrogen-bond acceptors (Lipinski definition) is 4. The van der Waals surface area contributed by atoms with Crippen LogP contribution in [-0.2, 0) is 6.54 Å². The van der Waals surface area contributed by atoms with E-state index in [2.05, 4.69) is 26.6 Å². The second-order valence-electron chi connectivity index (χ2n) is 2.84. The molecule has 0 unspecified atom stereocenters. The van der Waals surface area contributed by atoms with Crippen LogP contribution in [0.3, 0.4) is 0 Å². The maximum absolute atomic E-state index is 5.54. The van der Waals surface area contributed by atoms with Crippen molar-refractivity contribution in [3.8, 4) is 11.5 Å². The zero-order valence-electron chi connectivity index (χ0n) is 7.64. The average Bonchev–Trinajstić information content (AvgIpc) is 2.74. The topological polar surface area (TPSA) is 56.7 Å². The van der Waals surface area contributed by atoms with Gasteiger partial charge in [0, 0.05) is 6.54 Å². The summed E-state index contributed by atoms with van der Waals surface area (Å²) in [5.41, 5.74) is 0.822. The zero-order valence-corrected chi connectivity index (χ0v) is 8.40. The highest BCUT2D eigenvalue weighted by molar-refractivity contribution is 6.27. The lowest BCUT2D eigenvalue weighted by molar-refractivity contribution is 0.420. The van der Waals surface area contributed by atoms with Crippen molar-refractivity contribution in [3.63, 3.8) is 0 Å². The molecule has 14 heavy (non-hydrogen) atoms. The van der Waals surface area contributed by atoms with Gasteiger partial charge < -0.3 is 9.09 Å². The summed E-state index contributed by atoms with van der Waals surface area (Å²) in [4.78, 5) is 7.95. The van der Waals surface area contributed by atoms with Crippen LogP contribution in [0, 0.1) is 0 Å². The molecule has 0 saturated heterocycles. The van der Waals surface area contributed by atoms with E-state index in [0.717, 1.165) is 18.7 Å². The van der Waals surface area contributed by atoms with Gasteiger partial charge in [0.2, 0.25) is 5.82 Å². The molecule has 0 amide bonds. The Morgan fingerprint density at radius 3 is 3.07 bits per heavy atom. The molecule has 0 aliphatic heterocycles. The lowest BCUT2D eigenvalue weighted by Gasteiger charge is -2.01. The molecular weight excluding hydrogens is 204 g/mol. The first kappa shape index (κ1) is 9.21. The molecular formula is C8H9ClN4O. The van der Waals surface area contributed by atoms with Crippen molar-refractivity contribution in [1.82, 2.24) is 19.7 Å². The number of halogens is 1. The normalized spacial score (nSPS) is 10.7. The molecule has 0 spiro atoms. The van der Waals surface area contributed by atoms with Crippen molar-refractivity contribution in [2.45, 2.75) is 19.9 Å². The van der Waals surface area contributed by atoms with Crippen molar-refractivity contribution in [2.75, 3.05) is 0 Å². The molecule has 6 heteroatoms. The molecule has 5 nitrogen and oxygen atoms in total. The summed E-state index contributed by atoms with van der Waals surface area (Å²) in [5.74, 6) is 0.473. The number of aromatic nitrogens is 4. The second kappa shape index (κ2) is 3.79. The summed E-state index contributed by atoms with van der Waals surface area (Å²) < 4.78 is 6.64. The predicted molar refractivity (Wildman–Crippen MR) is 50.8 cm³/mol.